The van der Waals surface area contributed by atoms with Gasteiger partial charge in [0.1, 0.15) is 17.6 Å². The first-order chi connectivity index (χ1) is 16.1. The Labute approximate surface area is 196 Å². The van der Waals surface area contributed by atoms with Gasteiger partial charge in [-0.2, -0.15) is 0 Å². The van der Waals surface area contributed by atoms with Crippen LogP contribution < -0.4 is 20.3 Å². The Morgan fingerprint density at radius 2 is 2.03 bits per heavy atom. The molecule has 7 nitrogen and oxygen atoms in total. The highest BCUT2D eigenvalue weighted by Gasteiger charge is 2.41. The number of nitrogens with zero attached hydrogens (tertiary/aromatic N) is 1. The number of carbonyl (C=O) groups excluding carboxylic acids is 2. The summed E-state index contributed by atoms with van der Waals surface area (Å²) in [6.07, 6.45) is 3.43. The number of methoxy groups -OCH3 is 1. The molecule has 1 atom stereocenters. The Morgan fingerprint density at radius 3 is 2.82 bits per heavy atom. The normalized spacial score (nSPS) is 17.6. The molecule has 3 aromatic rings. The van der Waals surface area contributed by atoms with Gasteiger partial charge in [0.05, 0.1) is 30.4 Å². The van der Waals surface area contributed by atoms with E-state index in [1.807, 2.05) is 24.3 Å². The molecule has 1 aliphatic heterocycles. The van der Waals surface area contributed by atoms with Crippen molar-refractivity contribution < 1.29 is 18.7 Å². The first kappa shape index (κ1) is 21.2. The summed E-state index contributed by atoms with van der Waals surface area (Å²) in [6, 6.07) is 14.8. The number of nitrogens with one attached hydrogen (secondary N) is 2. The van der Waals surface area contributed by atoms with Gasteiger partial charge in [0, 0.05) is 22.7 Å². The van der Waals surface area contributed by atoms with E-state index in [-0.39, 0.29) is 5.78 Å². The summed E-state index contributed by atoms with van der Waals surface area (Å²) in [5.74, 6) is 0.970. The van der Waals surface area contributed by atoms with Crippen molar-refractivity contribution in [1.29, 1.82) is 0 Å². The number of amides is 2. The minimum atomic E-state index is -0.732. The molecule has 2 heterocycles. The van der Waals surface area contributed by atoms with Gasteiger partial charge in [0.15, 0.2) is 5.78 Å². The molecule has 2 aliphatic rings. The number of hydrogen-bond acceptors (Lipinski definition) is 5. The summed E-state index contributed by atoms with van der Waals surface area (Å²) < 4.78 is 11.2. The molecule has 1 aliphatic carbocycles. The molecule has 0 saturated heterocycles. The number of furan rings is 1. The molecule has 2 aromatic carbocycles. The van der Waals surface area contributed by atoms with Crippen molar-refractivity contribution in [3.8, 4) is 5.75 Å². The van der Waals surface area contributed by atoms with E-state index in [4.69, 9.17) is 20.8 Å². The second-order valence-corrected chi connectivity index (χ2v) is 8.31. The molecule has 0 radical (unpaired) electrons. The Hall–Kier alpha value is -3.71. The maximum Gasteiger partial charge on any atom is 0.327 e. The van der Waals surface area contributed by atoms with Crippen LogP contribution in [0.15, 0.2) is 76.5 Å². The molecular weight excluding hydrogens is 442 g/mol. The van der Waals surface area contributed by atoms with E-state index in [1.165, 1.54) is 7.11 Å². The Bertz CT molecular complexity index is 1250. The predicted molar refractivity (Wildman–Crippen MR) is 127 cm³/mol. The standard InChI is InChI=1S/C25H22ClN3O4/c1-32-21-12-11-15(26)14-18(21)28-25(31)29-19-8-3-2-6-16(19)27-17-7-4-9-20(30)23(17)24(29)22-10-5-13-33-22/h2-3,5-6,8,10-14,24,27H,4,7,9H2,1H3,(H,28,31)/t24-/m0/s1. The van der Waals surface area contributed by atoms with Crippen LogP contribution in [0.25, 0.3) is 0 Å². The second-order valence-electron chi connectivity index (χ2n) is 7.87. The molecule has 33 heavy (non-hydrogen) atoms. The topological polar surface area (TPSA) is 83.8 Å². The van der Waals surface area contributed by atoms with Gasteiger partial charge in [0.2, 0.25) is 0 Å². The number of Topliss-reactive ketones (excluding diaryl/α,β-unsaturated/α-hetero) is 1. The maximum atomic E-state index is 13.9. The van der Waals surface area contributed by atoms with Crippen LogP contribution in [0.5, 0.6) is 5.75 Å². The number of hydrogen-bond donors (Lipinski definition) is 2. The van der Waals surface area contributed by atoms with Crippen molar-refractivity contribution in [2.75, 3.05) is 22.6 Å². The van der Waals surface area contributed by atoms with E-state index >= 15 is 0 Å². The first-order valence-corrected chi connectivity index (χ1v) is 11.0. The van der Waals surface area contributed by atoms with Crippen LogP contribution in [-0.4, -0.2) is 18.9 Å². The lowest BCUT2D eigenvalue weighted by atomic mass is 9.88. The van der Waals surface area contributed by atoms with Crippen molar-refractivity contribution in [1.82, 2.24) is 0 Å². The van der Waals surface area contributed by atoms with E-state index in [0.29, 0.717) is 46.3 Å². The zero-order valence-electron chi connectivity index (χ0n) is 17.9. The third kappa shape index (κ3) is 3.85. The number of allylic oxidation sites excluding steroid dienone is 1. The molecule has 168 valence electrons. The number of halogens is 1. The number of ketones is 1. The van der Waals surface area contributed by atoms with Crippen LogP contribution >= 0.6 is 11.6 Å². The molecule has 8 heteroatoms. The third-order valence-corrected chi connectivity index (χ3v) is 6.11. The van der Waals surface area contributed by atoms with E-state index in [1.54, 1.807) is 41.5 Å². The fourth-order valence-electron chi connectivity index (χ4n) is 4.43. The summed E-state index contributed by atoms with van der Waals surface area (Å²) in [4.78, 5) is 28.6. The van der Waals surface area contributed by atoms with Crippen molar-refractivity contribution in [2.24, 2.45) is 0 Å². The Morgan fingerprint density at radius 1 is 1.18 bits per heavy atom. The molecule has 2 N–H and O–H groups in total. The van der Waals surface area contributed by atoms with Crippen molar-refractivity contribution >= 4 is 40.5 Å². The Balaban J connectivity index is 1.67. The third-order valence-electron chi connectivity index (χ3n) is 5.87. The smallest absolute Gasteiger partial charge is 0.327 e. The molecule has 0 saturated carbocycles. The van der Waals surface area contributed by atoms with Crippen LogP contribution in [0.1, 0.15) is 31.1 Å². The van der Waals surface area contributed by atoms with Crippen molar-refractivity contribution in [2.45, 2.75) is 25.3 Å². The average Bonchev–Trinajstić information content (AvgIpc) is 3.28. The SMILES string of the molecule is COc1ccc(Cl)cc1NC(=O)N1c2ccccc2NC2=C(C(=O)CCC2)[C@@H]1c1ccco1. The number of rotatable bonds is 3. The highest BCUT2D eigenvalue weighted by Crippen LogP contribution is 2.45. The van der Waals surface area contributed by atoms with Gasteiger partial charge in [-0.15, -0.1) is 0 Å². The summed E-state index contributed by atoms with van der Waals surface area (Å²) in [5.41, 5.74) is 3.14. The second kappa shape index (κ2) is 8.67. The maximum absolute atomic E-state index is 13.9. The first-order valence-electron chi connectivity index (χ1n) is 10.7. The number of fused-ring (bicyclic) bond motifs is 1. The van der Waals surface area contributed by atoms with Gasteiger partial charge >= 0.3 is 6.03 Å². The van der Waals surface area contributed by atoms with Gasteiger partial charge in [0.25, 0.3) is 0 Å². The van der Waals surface area contributed by atoms with Crippen LogP contribution in [-0.2, 0) is 4.79 Å². The molecule has 5 rings (SSSR count). The number of anilines is 3. The minimum Gasteiger partial charge on any atom is -0.495 e. The van der Waals surface area contributed by atoms with Gasteiger partial charge in [-0.3, -0.25) is 9.69 Å². The average molecular weight is 464 g/mol. The van der Waals surface area contributed by atoms with Crippen LogP contribution in [0.2, 0.25) is 5.02 Å². The van der Waals surface area contributed by atoms with Crippen molar-refractivity contribution in [3.63, 3.8) is 0 Å². The number of urea groups is 1. The Kier molecular flexibility index (Phi) is 5.56. The quantitative estimate of drug-likeness (QED) is 0.486. The zero-order valence-corrected chi connectivity index (χ0v) is 18.7. The highest BCUT2D eigenvalue weighted by molar-refractivity contribution is 6.31. The minimum absolute atomic E-state index is 0.00362. The lowest BCUT2D eigenvalue weighted by molar-refractivity contribution is -0.116. The monoisotopic (exact) mass is 463 g/mol. The van der Waals surface area contributed by atoms with Crippen LogP contribution in [0.3, 0.4) is 0 Å². The number of para-hydroxylation sites is 2. The van der Waals surface area contributed by atoms with E-state index in [0.717, 1.165) is 17.8 Å². The number of benzene rings is 2. The molecule has 0 unspecified atom stereocenters. The van der Waals surface area contributed by atoms with Gasteiger partial charge < -0.3 is 19.8 Å². The largest absolute Gasteiger partial charge is 0.495 e. The number of carbonyl (C=O) groups is 2. The summed E-state index contributed by atoms with van der Waals surface area (Å²) >= 11 is 6.17. The molecule has 0 spiro atoms. The summed E-state index contributed by atoms with van der Waals surface area (Å²) in [7, 11) is 1.52. The molecule has 1 aromatic heterocycles. The fourth-order valence-corrected chi connectivity index (χ4v) is 4.60. The zero-order chi connectivity index (χ0) is 22.9. The molecule has 2 amide bonds. The summed E-state index contributed by atoms with van der Waals surface area (Å²) in [6.45, 7) is 0. The van der Waals surface area contributed by atoms with E-state index in [2.05, 4.69) is 10.6 Å². The number of ether oxygens (including phenoxy) is 1. The fraction of sp³-hybridized carbons (Fsp3) is 0.200. The lowest BCUT2D eigenvalue weighted by Gasteiger charge is -2.32. The highest BCUT2D eigenvalue weighted by atomic mass is 35.5. The molecular formula is C25H22ClN3O4. The van der Waals surface area contributed by atoms with Gasteiger partial charge in [-0.1, -0.05) is 23.7 Å². The van der Waals surface area contributed by atoms with Gasteiger partial charge in [-0.25, -0.2) is 4.79 Å². The molecule has 0 fully saturated rings. The van der Waals surface area contributed by atoms with Crippen LogP contribution in [0.4, 0.5) is 21.9 Å². The predicted octanol–water partition coefficient (Wildman–Crippen LogP) is 6.15. The lowest BCUT2D eigenvalue weighted by Crippen LogP contribution is -2.40. The van der Waals surface area contributed by atoms with E-state index in [9.17, 15) is 9.59 Å². The summed E-state index contributed by atoms with van der Waals surface area (Å²) in [5, 5.41) is 6.79. The van der Waals surface area contributed by atoms with Gasteiger partial charge in [-0.05, 0) is 55.3 Å². The van der Waals surface area contributed by atoms with Crippen molar-refractivity contribution in [3.05, 3.63) is 82.9 Å². The van der Waals surface area contributed by atoms with Crippen LogP contribution in [0, 0.1) is 0 Å². The molecule has 0 bridgehead atoms. The van der Waals surface area contributed by atoms with E-state index < -0.39 is 12.1 Å².